The third kappa shape index (κ3) is 4.42. The van der Waals surface area contributed by atoms with Crippen LogP contribution in [0.2, 0.25) is 0 Å². The molecule has 3 amide bonds. The Balaban J connectivity index is 1.55. The number of ether oxygens (including phenoxy) is 1. The SMILES string of the molecule is C=CC(=O)N(C)c1ccc(C(=O)N2CCN(C(=O)C3CCOCC3)CC2)cc1. The van der Waals surface area contributed by atoms with Crippen molar-refractivity contribution in [2.45, 2.75) is 12.8 Å². The Kier molecular flexibility index (Phi) is 6.46. The summed E-state index contributed by atoms with van der Waals surface area (Å²) in [6.45, 7) is 6.98. The third-order valence-corrected chi connectivity index (χ3v) is 5.46. The van der Waals surface area contributed by atoms with Crippen LogP contribution in [-0.2, 0) is 14.3 Å². The Labute approximate surface area is 165 Å². The van der Waals surface area contributed by atoms with Gasteiger partial charge in [-0.15, -0.1) is 0 Å². The summed E-state index contributed by atoms with van der Waals surface area (Å²) in [4.78, 5) is 42.2. The average molecular weight is 385 g/mol. The van der Waals surface area contributed by atoms with E-state index in [1.54, 1.807) is 36.2 Å². The predicted molar refractivity (Wildman–Crippen MR) is 106 cm³/mol. The molecule has 0 saturated carbocycles. The molecule has 3 rings (SSSR count). The summed E-state index contributed by atoms with van der Waals surface area (Å²) in [5, 5.41) is 0. The predicted octanol–water partition coefficient (Wildman–Crippen LogP) is 1.55. The second kappa shape index (κ2) is 9.01. The molecule has 2 aliphatic rings. The number of nitrogens with zero attached hydrogens (tertiary/aromatic N) is 3. The van der Waals surface area contributed by atoms with Crippen molar-refractivity contribution in [3.63, 3.8) is 0 Å². The van der Waals surface area contributed by atoms with Crippen LogP contribution >= 0.6 is 0 Å². The first-order valence-corrected chi connectivity index (χ1v) is 9.67. The highest BCUT2D eigenvalue weighted by Gasteiger charge is 2.30. The van der Waals surface area contributed by atoms with Crippen molar-refractivity contribution in [3.05, 3.63) is 42.5 Å². The van der Waals surface area contributed by atoms with E-state index in [1.807, 2.05) is 4.90 Å². The summed E-state index contributed by atoms with van der Waals surface area (Å²) in [5.74, 6) is -0.0136. The van der Waals surface area contributed by atoms with Gasteiger partial charge in [-0.05, 0) is 43.2 Å². The molecule has 2 aliphatic heterocycles. The van der Waals surface area contributed by atoms with E-state index in [9.17, 15) is 14.4 Å². The number of piperazine rings is 1. The molecule has 2 fully saturated rings. The number of rotatable bonds is 4. The largest absolute Gasteiger partial charge is 0.381 e. The zero-order valence-corrected chi connectivity index (χ0v) is 16.3. The number of likely N-dealkylation sites (N-methyl/N-ethyl adjacent to an activating group) is 1. The standard InChI is InChI=1S/C21H27N3O4/c1-3-19(25)22(2)18-6-4-16(5-7-18)20(26)23-10-12-24(13-11-23)21(27)17-8-14-28-15-9-17/h3-7,17H,1,8-15H2,2H3. The first kappa shape index (κ1) is 20.1. The van der Waals surface area contributed by atoms with Gasteiger partial charge < -0.3 is 19.4 Å². The van der Waals surface area contributed by atoms with Crippen LogP contribution in [0.25, 0.3) is 0 Å². The van der Waals surface area contributed by atoms with Gasteiger partial charge in [-0.1, -0.05) is 6.58 Å². The fourth-order valence-electron chi connectivity index (χ4n) is 3.61. The van der Waals surface area contributed by atoms with Crippen LogP contribution in [0.15, 0.2) is 36.9 Å². The van der Waals surface area contributed by atoms with E-state index in [4.69, 9.17) is 4.74 Å². The number of hydrogen-bond acceptors (Lipinski definition) is 4. The Hall–Kier alpha value is -2.67. The van der Waals surface area contributed by atoms with Gasteiger partial charge in [0.1, 0.15) is 0 Å². The lowest BCUT2D eigenvalue weighted by atomic mass is 9.98. The Bertz CT molecular complexity index is 733. The lowest BCUT2D eigenvalue weighted by Crippen LogP contribution is -2.52. The van der Waals surface area contributed by atoms with Gasteiger partial charge in [0.15, 0.2) is 0 Å². The second-order valence-electron chi connectivity index (χ2n) is 7.15. The van der Waals surface area contributed by atoms with Crippen molar-refractivity contribution < 1.29 is 19.1 Å². The normalized spacial score (nSPS) is 17.9. The molecule has 0 atom stereocenters. The minimum absolute atomic E-state index is 0.0533. The highest BCUT2D eigenvalue weighted by molar-refractivity contribution is 6.01. The van der Waals surface area contributed by atoms with Crippen molar-refractivity contribution in [2.75, 3.05) is 51.3 Å². The minimum Gasteiger partial charge on any atom is -0.381 e. The molecule has 2 saturated heterocycles. The molecule has 1 aromatic carbocycles. The van der Waals surface area contributed by atoms with Crippen molar-refractivity contribution in [1.29, 1.82) is 0 Å². The van der Waals surface area contributed by atoms with Crippen molar-refractivity contribution in [3.8, 4) is 0 Å². The molecule has 0 aliphatic carbocycles. The van der Waals surface area contributed by atoms with Gasteiger partial charge in [-0.3, -0.25) is 14.4 Å². The number of hydrogen-bond donors (Lipinski definition) is 0. The van der Waals surface area contributed by atoms with Crippen molar-refractivity contribution >= 4 is 23.4 Å². The maximum Gasteiger partial charge on any atom is 0.253 e. The molecule has 7 heteroatoms. The number of carbonyl (C=O) groups is 3. The Morgan fingerprint density at radius 1 is 1.04 bits per heavy atom. The maximum absolute atomic E-state index is 12.8. The molecule has 28 heavy (non-hydrogen) atoms. The van der Waals surface area contributed by atoms with E-state index in [2.05, 4.69) is 6.58 Å². The van der Waals surface area contributed by atoms with E-state index < -0.39 is 0 Å². The highest BCUT2D eigenvalue weighted by atomic mass is 16.5. The molecule has 0 radical (unpaired) electrons. The van der Waals surface area contributed by atoms with Gasteiger partial charge in [0.25, 0.3) is 5.91 Å². The van der Waals surface area contributed by atoms with Gasteiger partial charge >= 0.3 is 0 Å². The highest BCUT2D eigenvalue weighted by Crippen LogP contribution is 2.20. The average Bonchev–Trinajstić information content (AvgIpc) is 2.78. The summed E-state index contributed by atoms with van der Waals surface area (Å²) in [6, 6.07) is 6.95. The van der Waals surface area contributed by atoms with E-state index in [0.29, 0.717) is 50.6 Å². The van der Waals surface area contributed by atoms with Crippen LogP contribution in [0, 0.1) is 5.92 Å². The van der Waals surface area contributed by atoms with Crippen molar-refractivity contribution in [1.82, 2.24) is 9.80 Å². The first-order chi connectivity index (χ1) is 13.5. The number of benzene rings is 1. The second-order valence-corrected chi connectivity index (χ2v) is 7.15. The summed E-state index contributed by atoms with van der Waals surface area (Å²) in [6.07, 6.45) is 2.82. The molecule has 0 bridgehead atoms. The molecule has 1 aromatic rings. The van der Waals surface area contributed by atoms with Crippen LogP contribution in [-0.4, -0.2) is 74.0 Å². The number of carbonyl (C=O) groups excluding carboxylic acids is 3. The fourth-order valence-corrected chi connectivity index (χ4v) is 3.61. The summed E-state index contributed by atoms with van der Waals surface area (Å²) >= 11 is 0. The van der Waals surface area contributed by atoms with Crippen LogP contribution in [0.1, 0.15) is 23.2 Å². The van der Waals surface area contributed by atoms with Crippen LogP contribution < -0.4 is 4.90 Å². The smallest absolute Gasteiger partial charge is 0.253 e. The minimum atomic E-state index is -0.204. The zero-order valence-electron chi connectivity index (χ0n) is 16.3. The third-order valence-electron chi connectivity index (χ3n) is 5.46. The number of amides is 3. The Morgan fingerprint density at radius 3 is 2.18 bits per heavy atom. The summed E-state index contributed by atoms with van der Waals surface area (Å²) in [7, 11) is 1.66. The molecule has 0 unspecified atom stereocenters. The molecular weight excluding hydrogens is 358 g/mol. The van der Waals surface area contributed by atoms with Gasteiger partial charge in [0.05, 0.1) is 0 Å². The van der Waals surface area contributed by atoms with Crippen LogP contribution in [0.5, 0.6) is 0 Å². The molecule has 150 valence electrons. The quantitative estimate of drug-likeness (QED) is 0.738. The van der Waals surface area contributed by atoms with E-state index in [1.165, 1.54) is 11.0 Å². The van der Waals surface area contributed by atoms with Crippen LogP contribution in [0.3, 0.4) is 0 Å². The molecule has 0 N–H and O–H groups in total. The maximum atomic E-state index is 12.8. The number of anilines is 1. The first-order valence-electron chi connectivity index (χ1n) is 9.67. The van der Waals surface area contributed by atoms with Gasteiger partial charge in [-0.25, -0.2) is 0 Å². The molecule has 7 nitrogen and oxygen atoms in total. The molecule has 0 spiro atoms. The van der Waals surface area contributed by atoms with Gasteiger partial charge in [0, 0.05) is 63.6 Å². The lowest BCUT2D eigenvalue weighted by Gasteiger charge is -2.37. The van der Waals surface area contributed by atoms with E-state index in [0.717, 1.165) is 12.8 Å². The van der Waals surface area contributed by atoms with Crippen molar-refractivity contribution in [2.24, 2.45) is 5.92 Å². The van der Waals surface area contributed by atoms with Gasteiger partial charge in [0.2, 0.25) is 11.8 Å². The van der Waals surface area contributed by atoms with Gasteiger partial charge in [-0.2, -0.15) is 0 Å². The topological polar surface area (TPSA) is 70.2 Å². The molecular formula is C21H27N3O4. The lowest BCUT2D eigenvalue weighted by molar-refractivity contribution is -0.140. The summed E-state index contributed by atoms with van der Waals surface area (Å²) < 4.78 is 5.33. The Morgan fingerprint density at radius 2 is 1.61 bits per heavy atom. The van der Waals surface area contributed by atoms with Crippen LogP contribution in [0.4, 0.5) is 5.69 Å². The van der Waals surface area contributed by atoms with E-state index in [-0.39, 0.29) is 23.6 Å². The molecule has 2 heterocycles. The fraction of sp³-hybridized carbons (Fsp3) is 0.476. The zero-order chi connectivity index (χ0) is 20.1. The molecule has 0 aromatic heterocycles. The summed E-state index contributed by atoms with van der Waals surface area (Å²) in [5.41, 5.74) is 1.28. The van der Waals surface area contributed by atoms with E-state index >= 15 is 0 Å². The monoisotopic (exact) mass is 385 g/mol.